The Labute approximate surface area is 253 Å². The highest BCUT2D eigenvalue weighted by Gasteiger charge is 2.43. The zero-order valence-electron chi connectivity index (χ0n) is 26.4. The Balaban J connectivity index is 1.29. The van der Waals surface area contributed by atoms with Gasteiger partial charge in [0.2, 0.25) is 0 Å². The summed E-state index contributed by atoms with van der Waals surface area (Å²) in [4.78, 5) is 0. The van der Waals surface area contributed by atoms with Crippen molar-refractivity contribution in [3.8, 4) is 0 Å². The van der Waals surface area contributed by atoms with Gasteiger partial charge in [-0.25, -0.2) is 0 Å². The Morgan fingerprint density at radius 2 is 1.64 bits per heavy atom. The average molecular weight is 600 g/mol. The van der Waals surface area contributed by atoms with Crippen LogP contribution in [0.5, 0.6) is 0 Å². The third-order valence-electron chi connectivity index (χ3n) is 10.6. The molecule has 2 saturated carbocycles. The summed E-state index contributed by atoms with van der Waals surface area (Å²) in [7, 11) is 3.34. The maximum Gasteiger partial charge on any atom is 0.106 e. The molecule has 4 rings (SSSR count). The van der Waals surface area contributed by atoms with Gasteiger partial charge in [0.1, 0.15) is 6.10 Å². The summed E-state index contributed by atoms with van der Waals surface area (Å²) in [5.74, 6) is 1.30. The number of aliphatic hydroxyl groups excluding tert-OH is 3. The molecule has 0 spiro atoms. The number of rotatable bonds is 14. The van der Waals surface area contributed by atoms with Crippen molar-refractivity contribution in [2.24, 2.45) is 23.5 Å². The maximum atomic E-state index is 11.1. The third kappa shape index (κ3) is 10.1. The van der Waals surface area contributed by atoms with E-state index in [2.05, 4.69) is 17.6 Å². The van der Waals surface area contributed by atoms with E-state index in [4.69, 9.17) is 24.7 Å². The second kappa shape index (κ2) is 17.3. The van der Waals surface area contributed by atoms with Crippen LogP contribution in [0.2, 0.25) is 0 Å². The summed E-state index contributed by atoms with van der Waals surface area (Å²) in [5.41, 5.74) is 6.12. The summed E-state index contributed by atoms with van der Waals surface area (Å²) in [6.07, 6.45) is 9.45. The molecule has 10 heteroatoms. The molecule has 0 bridgehead atoms. The van der Waals surface area contributed by atoms with Crippen LogP contribution >= 0.6 is 0 Å². The predicted molar refractivity (Wildman–Crippen MR) is 162 cm³/mol. The van der Waals surface area contributed by atoms with Gasteiger partial charge in [0.15, 0.2) is 0 Å². The second-order valence-electron chi connectivity index (χ2n) is 13.7. The van der Waals surface area contributed by atoms with Crippen LogP contribution in [0.1, 0.15) is 90.4 Å². The van der Waals surface area contributed by atoms with Crippen LogP contribution in [0.15, 0.2) is 0 Å². The zero-order valence-corrected chi connectivity index (χ0v) is 26.4. The van der Waals surface area contributed by atoms with Gasteiger partial charge in [-0.05, 0) is 114 Å². The third-order valence-corrected chi connectivity index (χ3v) is 10.6. The van der Waals surface area contributed by atoms with Crippen molar-refractivity contribution in [1.82, 2.24) is 10.6 Å². The first-order valence-electron chi connectivity index (χ1n) is 16.9. The van der Waals surface area contributed by atoms with Gasteiger partial charge in [-0.1, -0.05) is 6.92 Å². The first kappa shape index (κ1) is 34.5. The number of methoxy groups -OCH3 is 2. The van der Waals surface area contributed by atoms with E-state index in [1.165, 1.54) is 0 Å². The summed E-state index contributed by atoms with van der Waals surface area (Å²) in [5, 5.41) is 39.0. The largest absolute Gasteiger partial charge is 0.393 e. The molecule has 13 atom stereocenters. The van der Waals surface area contributed by atoms with Crippen LogP contribution < -0.4 is 16.4 Å². The lowest BCUT2D eigenvalue weighted by Crippen LogP contribution is -2.52. The van der Waals surface area contributed by atoms with Crippen LogP contribution in [0.4, 0.5) is 0 Å². The Morgan fingerprint density at radius 3 is 2.38 bits per heavy atom. The van der Waals surface area contributed by atoms with E-state index in [0.717, 1.165) is 70.9 Å². The van der Waals surface area contributed by atoms with E-state index in [1.54, 1.807) is 14.2 Å². The highest BCUT2D eigenvalue weighted by atomic mass is 16.5. The molecule has 4 fully saturated rings. The molecule has 0 amide bonds. The zero-order chi connectivity index (χ0) is 30.1. The van der Waals surface area contributed by atoms with E-state index in [0.29, 0.717) is 44.1 Å². The summed E-state index contributed by atoms with van der Waals surface area (Å²) in [6.45, 7) is 4.53. The smallest absolute Gasteiger partial charge is 0.106 e. The lowest BCUT2D eigenvalue weighted by atomic mass is 9.77. The number of ether oxygens (including phenoxy) is 4. The summed E-state index contributed by atoms with van der Waals surface area (Å²) in [6, 6.07) is 0.227. The minimum atomic E-state index is -0.685. The average Bonchev–Trinajstić information content (AvgIpc) is 2.98. The van der Waals surface area contributed by atoms with Crippen LogP contribution in [0.25, 0.3) is 0 Å². The van der Waals surface area contributed by atoms with Gasteiger partial charge in [-0.2, -0.15) is 0 Å². The lowest BCUT2D eigenvalue weighted by Gasteiger charge is -2.44. The standard InChI is InChI=1S/C32H61N3O7/c1-4-34-23(8-5-21-11-12-35-31(33)14-21)19-41-30-16-22(15-29(40-3)32(30)38)27-18-24(36)17-25(42-27)9-6-20-7-10-26(37)28(13-20)39-2/h20-32,34-38H,4-19,33H2,1-3H3/t20?,21?,22?,23-,24+,25+,26?,27-,28?,29?,30?,31?,32?/m1/s1. The fourth-order valence-corrected chi connectivity index (χ4v) is 8.07. The van der Waals surface area contributed by atoms with E-state index >= 15 is 0 Å². The highest BCUT2D eigenvalue weighted by Crippen LogP contribution is 2.38. The van der Waals surface area contributed by atoms with Gasteiger partial charge in [0, 0.05) is 20.3 Å². The van der Waals surface area contributed by atoms with Gasteiger partial charge in [0.25, 0.3) is 0 Å². The minimum absolute atomic E-state index is 0.0139. The molecule has 246 valence electrons. The van der Waals surface area contributed by atoms with Crippen molar-refractivity contribution in [2.45, 2.75) is 151 Å². The van der Waals surface area contributed by atoms with Crippen molar-refractivity contribution >= 4 is 0 Å². The molecule has 0 aromatic rings. The topological polar surface area (TPSA) is 148 Å². The van der Waals surface area contributed by atoms with Crippen molar-refractivity contribution in [3.05, 3.63) is 0 Å². The van der Waals surface area contributed by atoms with Crippen LogP contribution in [0.3, 0.4) is 0 Å². The molecular formula is C32H61N3O7. The van der Waals surface area contributed by atoms with E-state index in [1.807, 2.05) is 0 Å². The number of piperidine rings is 1. The number of aliphatic hydroxyl groups is 3. The molecule has 4 aliphatic rings. The van der Waals surface area contributed by atoms with E-state index in [-0.39, 0.29) is 60.9 Å². The fourth-order valence-electron chi connectivity index (χ4n) is 8.07. The van der Waals surface area contributed by atoms with E-state index < -0.39 is 6.10 Å². The van der Waals surface area contributed by atoms with Gasteiger partial charge in [0.05, 0.1) is 55.5 Å². The molecule has 2 aliphatic heterocycles. The van der Waals surface area contributed by atoms with Crippen LogP contribution in [0, 0.1) is 17.8 Å². The summed E-state index contributed by atoms with van der Waals surface area (Å²) >= 11 is 0. The molecule has 0 aromatic heterocycles. The molecule has 2 heterocycles. The molecule has 10 nitrogen and oxygen atoms in total. The fraction of sp³-hybridized carbons (Fsp3) is 1.00. The first-order chi connectivity index (χ1) is 20.3. The number of nitrogens with two attached hydrogens (primary N) is 1. The van der Waals surface area contributed by atoms with Crippen molar-refractivity contribution in [2.75, 3.05) is 33.9 Å². The predicted octanol–water partition coefficient (Wildman–Crippen LogP) is 2.06. The Hall–Kier alpha value is -0.400. The quantitative estimate of drug-likeness (QED) is 0.175. The second-order valence-corrected chi connectivity index (χ2v) is 13.7. The number of nitrogens with one attached hydrogen (secondary N) is 2. The molecule has 9 unspecified atom stereocenters. The lowest BCUT2D eigenvalue weighted by molar-refractivity contribution is -0.177. The Kier molecular flexibility index (Phi) is 14.2. The molecule has 7 N–H and O–H groups in total. The van der Waals surface area contributed by atoms with Crippen molar-refractivity contribution < 1.29 is 34.3 Å². The number of hydrogen-bond acceptors (Lipinski definition) is 10. The maximum absolute atomic E-state index is 11.1. The van der Waals surface area contributed by atoms with Crippen LogP contribution in [-0.2, 0) is 18.9 Å². The SMILES string of the molecule is CCN[C@H](CCC1CCNC(N)C1)COC1CC([C@H]2C[C@@H](O)C[C@H](CCC3CCC(O)C(OC)C3)O2)CC(OC)C1O. The van der Waals surface area contributed by atoms with Crippen molar-refractivity contribution in [1.29, 1.82) is 0 Å². The van der Waals surface area contributed by atoms with Crippen molar-refractivity contribution in [3.63, 3.8) is 0 Å². The minimum Gasteiger partial charge on any atom is -0.393 e. The Morgan fingerprint density at radius 1 is 0.881 bits per heavy atom. The Bertz CT molecular complexity index is 766. The van der Waals surface area contributed by atoms with Gasteiger partial charge >= 0.3 is 0 Å². The number of likely N-dealkylation sites (N-methyl/N-ethyl adjacent to an activating group) is 1. The van der Waals surface area contributed by atoms with Gasteiger partial charge in [-0.3, -0.25) is 0 Å². The van der Waals surface area contributed by atoms with E-state index in [9.17, 15) is 15.3 Å². The monoisotopic (exact) mass is 599 g/mol. The molecule has 0 radical (unpaired) electrons. The number of hydrogen-bond donors (Lipinski definition) is 6. The molecule has 0 aromatic carbocycles. The highest BCUT2D eigenvalue weighted by molar-refractivity contribution is 4.94. The molecule has 42 heavy (non-hydrogen) atoms. The molecule has 2 saturated heterocycles. The van der Waals surface area contributed by atoms with Gasteiger partial charge < -0.3 is 50.6 Å². The van der Waals surface area contributed by atoms with Crippen LogP contribution in [-0.4, -0.2) is 110 Å². The molecule has 2 aliphatic carbocycles. The molecular weight excluding hydrogens is 538 g/mol. The van der Waals surface area contributed by atoms with Gasteiger partial charge in [-0.15, -0.1) is 0 Å². The normalized spacial score (nSPS) is 42.4. The summed E-state index contributed by atoms with van der Waals surface area (Å²) < 4.78 is 24.3. The first-order valence-corrected chi connectivity index (χ1v) is 16.9.